The maximum absolute atomic E-state index is 12.7. The number of carbonyl (C=O) groups is 3. The molecule has 2 aromatic heterocycles. The van der Waals surface area contributed by atoms with Gasteiger partial charge in [0.15, 0.2) is 22.8 Å². The molecule has 3 rings (SSSR count). The quantitative estimate of drug-likeness (QED) is 0.0329. The number of allylic oxidation sites excluding steroid dienone is 5. The van der Waals surface area contributed by atoms with Crippen LogP contribution in [0.15, 0.2) is 49.1 Å². The van der Waals surface area contributed by atoms with Crippen molar-refractivity contribution in [3.05, 3.63) is 49.1 Å². The molecule has 2 aromatic rings. The summed E-state index contributed by atoms with van der Waals surface area (Å²) in [6.45, 7) is 2.40. The van der Waals surface area contributed by atoms with Gasteiger partial charge in [-0.25, -0.2) is 28.6 Å². The smallest absolute Gasteiger partial charge is 0.392 e. The molecule has 0 bridgehead atoms. The number of nitrogen functional groups attached to an aromatic ring is 1. The molecule has 1 aliphatic heterocycles. The minimum Gasteiger partial charge on any atom is -0.392 e. The summed E-state index contributed by atoms with van der Waals surface area (Å²) in [6, 6.07) is 0. The molecule has 1 fully saturated rings. The predicted octanol–water partition coefficient (Wildman–Crippen LogP) is 1.66. The van der Waals surface area contributed by atoms with Gasteiger partial charge < -0.3 is 56.0 Å². The van der Waals surface area contributed by atoms with Gasteiger partial charge in [-0.05, 0) is 25.7 Å². The van der Waals surface area contributed by atoms with Crippen LogP contribution in [-0.2, 0) is 50.7 Å². The van der Waals surface area contributed by atoms with Gasteiger partial charge in [0, 0.05) is 37.1 Å². The Labute approximate surface area is 372 Å². The van der Waals surface area contributed by atoms with E-state index in [-0.39, 0.29) is 53.8 Å². The van der Waals surface area contributed by atoms with E-state index in [4.69, 9.17) is 19.5 Å². The highest BCUT2D eigenvalue weighted by Crippen LogP contribution is 2.61. The average Bonchev–Trinajstić information content (AvgIpc) is 3.76. The fourth-order valence-corrected chi connectivity index (χ4v) is 9.16. The van der Waals surface area contributed by atoms with E-state index in [1.54, 1.807) is 0 Å². The van der Waals surface area contributed by atoms with Crippen LogP contribution in [0.4, 0.5) is 5.82 Å². The second-order valence-electron chi connectivity index (χ2n) is 14.7. The van der Waals surface area contributed by atoms with Crippen LogP contribution < -0.4 is 16.4 Å². The highest BCUT2D eigenvalue weighted by atomic mass is 32.2. The third kappa shape index (κ3) is 18.9. The van der Waals surface area contributed by atoms with Crippen LogP contribution in [0.3, 0.4) is 0 Å². The van der Waals surface area contributed by atoms with Gasteiger partial charge in [0.25, 0.3) is 0 Å². The Kier molecular flexibility index (Phi) is 22.0. The van der Waals surface area contributed by atoms with Gasteiger partial charge in [-0.1, -0.05) is 69.0 Å². The first-order valence-corrected chi connectivity index (χ1v) is 25.1. The molecule has 0 spiro atoms. The molecule has 1 saturated heterocycles. The van der Waals surface area contributed by atoms with Crippen molar-refractivity contribution in [1.82, 2.24) is 30.2 Å². The van der Waals surface area contributed by atoms with E-state index in [0.717, 1.165) is 48.2 Å². The average molecular weight is 988 g/mol. The van der Waals surface area contributed by atoms with E-state index < -0.39 is 90.7 Å². The largest absolute Gasteiger partial charge is 0.481 e. The summed E-state index contributed by atoms with van der Waals surface area (Å²) in [6.07, 6.45) is 6.95. The van der Waals surface area contributed by atoms with Crippen LogP contribution in [0.25, 0.3) is 11.2 Å². The van der Waals surface area contributed by atoms with Gasteiger partial charge in [0.05, 0.1) is 25.6 Å². The van der Waals surface area contributed by atoms with E-state index in [2.05, 4.69) is 53.5 Å². The fourth-order valence-electron chi connectivity index (χ4n) is 5.59. The number of carbonyl (C=O) groups excluding carboxylic acids is 3. The third-order valence-electron chi connectivity index (χ3n) is 8.86. The summed E-state index contributed by atoms with van der Waals surface area (Å²) in [4.78, 5) is 88.1. The number of nitrogens with zero attached hydrogens (tertiary/aromatic N) is 4. The van der Waals surface area contributed by atoms with Gasteiger partial charge in [-0.3, -0.25) is 32.5 Å². The number of hydrogen-bond acceptors (Lipinski definition) is 19. The molecule has 2 unspecified atom stereocenters. The molecule has 0 aliphatic carbocycles. The van der Waals surface area contributed by atoms with Crippen molar-refractivity contribution in [2.45, 2.75) is 96.0 Å². The molecular formula is C35H56N7O18P3S. The minimum absolute atomic E-state index is 0.0247. The van der Waals surface area contributed by atoms with E-state index in [1.807, 2.05) is 24.3 Å². The van der Waals surface area contributed by atoms with E-state index in [9.17, 15) is 63.0 Å². The number of ether oxygens (including phenoxy) is 1. The number of anilines is 1. The zero-order chi connectivity index (χ0) is 47.7. The molecule has 360 valence electrons. The first-order valence-electron chi connectivity index (χ1n) is 19.6. The van der Waals surface area contributed by atoms with E-state index in [0.29, 0.717) is 6.42 Å². The van der Waals surface area contributed by atoms with Crippen LogP contribution in [0, 0.1) is 5.41 Å². The van der Waals surface area contributed by atoms with Gasteiger partial charge in [0.1, 0.15) is 36.3 Å². The van der Waals surface area contributed by atoms with Crippen LogP contribution in [0.5, 0.6) is 0 Å². The maximum Gasteiger partial charge on any atom is 0.481 e. The number of aliphatic hydroxyl groups is 3. The van der Waals surface area contributed by atoms with Gasteiger partial charge in [-0.2, -0.15) is 4.31 Å². The fraction of sp³-hybridized carbons (Fsp3) is 0.600. The number of phosphoric acid groups is 3. The number of aromatic nitrogens is 4. The molecule has 11 N–H and O–H groups in total. The molecule has 3 heterocycles. The topological polar surface area (TPSA) is 384 Å². The molecule has 64 heavy (non-hydrogen) atoms. The molecule has 0 radical (unpaired) electrons. The lowest BCUT2D eigenvalue weighted by molar-refractivity contribution is -0.137. The first kappa shape index (κ1) is 55.1. The summed E-state index contributed by atoms with van der Waals surface area (Å²) < 4.78 is 62.3. The predicted molar refractivity (Wildman–Crippen MR) is 229 cm³/mol. The summed E-state index contributed by atoms with van der Waals surface area (Å²) in [7, 11) is -16.4. The van der Waals surface area contributed by atoms with Crippen molar-refractivity contribution in [3.8, 4) is 0 Å². The van der Waals surface area contributed by atoms with Crippen molar-refractivity contribution in [1.29, 1.82) is 0 Å². The van der Waals surface area contributed by atoms with E-state index >= 15 is 0 Å². The van der Waals surface area contributed by atoms with Crippen LogP contribution >= 0.6 is 35.2 Å². The Morgan fingerprint density at radius 1 is 0.969 bits per heavy atom. The zero-order valence-electron chi connectivity index (χ0n) is 35.1. The van der Waals surface area contributed by atoms with Gasteiger partial charge in [-0.15, -0.1) is 0 Å². The highest BCUT2D eigenvalue weighted by molar-refractivity contribution is 8.13. The maximum atomic E-state index is 12.7. The van der Waals surface area contributed by atoms with Crippen molar-refractivity contribution >= 4 is 69.1 Å². The molecule has 29 heteroatoms. The Morgan fingerprint density at radius 3 is 2.30 bits per heavy atom. The lowest BCUT2D eigenvalue weighted by Gasteiger charge is -2.30. The van der Waals surface area contributed by atoms with Crippen molar-refractivity contribution in [2.75, 3.05) is 37.8 Å². The molecule has 0 saturated carbocycles. The van der Waals surface area contributed by atoms with E-state index in [1.165, 1.54) is 13.8 Å². The van der Waals surface area contributed by atoms with Gasteiger partial charge in [0.2, 0.25) is 11.8 Å². The molecule has 1 aliphatic rings. The number of nitrogens with two attached hydrogens (primary N) is 1. The highest BCUT2D eigenvalue weighted by Gasteiger charge is 2.50. The standard InChI is InChI=1S/C35H56N7O18P3S/c1-4-5-6-7-8-9-10-11-12-13-23(43)18-26(45)64-17-16-37-25(44)14-15-38-33(48)30(47)35(2,3)20-57-63(54,55)60-62(52,53)56-19-24-29(59-61(49,50)51)28(46)34(58-24)42-22-41-27-31(36)39-21-40-32(27)42/h5-6,8-9,11-12,21-24,28-30,34,43,46-47H,4,7,10,13-20H2,1-3H3,(H,37,44)(H,38,48)(H,52,53)(H,54,55)(H2,36,39,40)(H2,49,50,51)/b6-5-,9-8-,12-11-/t23-,24+,28+,29+,30-,34+/m0/s1. The third-order valence-corrected chi connectivity index (χ3v) is 12.9. The number of thioether (sulfide) groups is 1. The minimum atomic E-state index is -5.59. The van der Waals surface area contributed by atoms with Crippen LogP contribution in [0.1, 0.15) is 65.5 Å². The summed E-state index contributed by atoms with van der Waals surface area (Å²) in [5, 5.41) is 36.3. The van der Waals surface area contributed by atoms with Crippen molar-refractivity contribution in [3.63, 3.8) is 0 Å². The van der Waals surface area contributed by atoms with Crippen molar-refractivity contribution < 1.29 is 85.6 Å². The lowest BCUT2D eigenvalue weighted by atomic mass is 9.87. The SMILES string of the molecule is CC/C=C\C/C=C\C/C=C\C[C@H](O)CC(=O)SCCNC(=O)CCNC(=O)[C@H](O)C(C)(C)COP(=O)(O)OP(=O)(O)OC[C@H]1O[C@@H](n2cnc3c(N)ncnc32)[C@H](O)[C@@H]1OP(=O)(O)O. The number of imidazole rings is 1. The molecule has 0 aromatic carbocycles. The number of aliphatic hydroxyl groups excluding tert-OH is 3. The number of phosphoric ester groups is 3. The number of rotatable bonds is 28. The molecule has 25 nitrogen and oxygen atoms in total. The summed E-state index contributed by atoms with van der Waals surface area (Å²) in [5.41, 5.74) is 4.23. The molecule has 2 amide bonds. The Morgan fingerprint density at radius 2 is 1.62 bits per heavy atom. The lowest BCUT2D eigenvalue weighted by Crippen LogP contribution is -2.46. The second-order valence-corrected chi connectivity index (χ2v) is 20.1. The number of amides is 2. The first-order chi connectivity index (χ1) is 29.9. The summed E-state index contributed by atoms with van der Waals surface area (Å²) in [5.74, 6) is -1.28. The Hall–Kier alpha value is -3.26. The number of nitrogens with one attached hydrogen (secondary N) is 2. The Bertz CT molecular complexity index is 2100. The van der Waals surface area contributed by atoms with Crippen LogP contribution in [0.2, 0.25) is 0 Å². The van der Waals surface area contributed by atoms with Gasteiger partial charge >= 0.3 is 23.5 Å². The molecular weight excluding hydrogens is 931 g/mol. The zero-order valence-corrected chi connectivity index (χ0v) is 38.6. The Balaban J connectivity index is 1.38. The molecule has 8 atom stereocenters. The second kappa shape index (κ2) is 25.6. The normalized spacial score (nSPS) is 21.3. The summed E-state index contributed by atoms with van der Waals surface area (Å²) >= 11 is 0.954. The number of hydrogen-bond donors (Lipinski definition) is 10. The monoisotopic (exact) mass is 987 g/mol. The van der Waals surface area contributed by atoms with Crippen molar-refractivity contribution in [2.24, 2.45) is 5.41 Å². The number of fused-ring (bicyclic) bond motifs is 1. The van der Waals surface area contributed by atoms with Crippen LogP contribution in [-0.4, -0.2) is 134 Å².